The smallest absolute Gasteiger partial charge is 0.236 e. The summed E-state index contributed by atoms with van der Waals surface area (Å²) in [7, 11) is 0. The Bertz CT molecular complexity index is 281. The molecule has 0 aromatic carbocycles. The lowest BCUT2D eigenvalue weighted by molar-refractivity contribution is -0.135. The Morgan fingerprint density at radius 1 is 1.50 bits per heavy atom. The normalized spacial score (nSPS) is 18.2. The van der Waals surface area contributed by atoms with E-state index in [0.29, 0.717) is 25.9 Å². The van der Waals surface area contributed by atoms with Crippen LogP contribution in [0.3, 0.4) is 0 Å². The van der Waals surface area contributed by atoms with Gasteiger partial charge in [-0.3, -0.25) is 4.79 Å². The van der Waals surface area contributed by atoms with Gasteiger partial charge in [-0.1, -0.05) is 12.1 Å². The van der Waals surface area contributed by atoms with Crippen LogP contribution in [0.4, 0.5) is 0 Å². The number of hydrogen-bond acceptors (Lipinski definition) is 4. The molecule has 1 amide bonds. The lowest BCUT2D eigenvalue weighted by atomic mass is 10.0. The Kier molecular flexibility index (Phi) is 4.12. The van der Waals surface area contributed by atoms with Gasteiger partial charge < -0.3 is 20.9 Å². The zero-order chi connectivity index (χ0) is 12.2. The summed E-state index contributed by atoms with van der Waals surface area (Å²) in [6.45, 7) is 2.77. The summed E-state index contributed by atoms with van der Waals surface area (Å²) in [6.07, 6.45) is 2.05. The maximum atomic E-state index is 12.2. The van der Waals surface area contributed by atoms with Gasteiger partial charge in [0.25, 0.3) is 0 Å². The number of hydrogen-bond donors (Lipinski definition) is 3. The molecule has 1 saturated carbocycles. The van der Waals surface area contributed by atoms with Crippen LogP contribution < -0.4 is 5.73 Å². The number of carbonyl (C=O) groups excluding carboxylic acids is 1. The molecule has 16 heavy (non-hydrogen) atoms. The van der Waals surface area contributed by atoms with E-state index < -0.39 is 5.41 Å². The molecule has 1 fully saturated rings. The highest BCUT2D eigenvalue weighted by Gasteiger charge is 2.55. The van der Waals surface area contributed by atoms with E-state index in [1.54, 1.807) is 4.90 Å². The van der Waals surface area contributed by atoms with Crippen molar-refractivity contribution in [1.29, 1.82) is 0 Å². The van der Waals surface area contributed by atoms with Crippen LogP contribution in [0.25, 0.3) is 0 Å². The quantitative estimate of drug-likeness (QED) is 0.253. The highest BCUT2D eigenvalue weighted by molar-refractivity contribution is 6.09. The first kappa shape index (κ1) is 12.8. The number of amides is 1. The van der Waals surface area contributed by atoms with Gasteiger partial charge in [-0.25, -0.2) is 0 Å². The summed E-state index contributed by atoms with van der Waals surface area (Å²) in [4.78, 5) is 13.7. The third-order valence-electron chi connectivity index (χ3n) is 2.91. The molecule has 92 valence electrons. The van der Waals surface area contributed by atoms with Gasteiger partial charge >= 0.3 is 0 Å². The van der Waals surface area contributed by atoms with Crippen LogP contribution in [0.1, 0.15) is 26.2 Å². The number of carbonyl (C=O) groups is 1. The fourth-order valence-electron chi connectivity index (χ4n) is 1.81. The summed E-state index contributed by atoms with van der Waals surface area (Å²) >= 11 is 0. The highest BCUT2D eigenvalue weighted by Crippen LogP contribution is 2.47. The van der Waals surface area contributed by atoms with E-state index in [1.807, 2.05) is 6.92 Å². The lowest BCUT2D eigenvalue weighted by Gasteiger charge is -2.25. The molecule has 1 aliphatic rings. The molecule has 0 bridgehead atoms. The minimum Gasteiger partial charge on any atom is -0.409 e. The summed E-state index contributed by atoms with van der Waals surface area (Å²) in [6, 6.07) is 0. The molecule has 0 unspecified atom stereocenters. The Hall–Kier alpha value is -1.30. The van der Waals surface area contributed by atoms with E-state index in [-0.39, 0.29) is 18.3 Å². The number of nitrogens with two attached hydrogens (primary N) is 1. The van der Waals surface area contributed by atoms with E-state index in [9.17, 15) is 4.79 Å². The number of aliphatic hydroxyl groups is 1. The van der Waals surface area contributed by atoms with Crippen molar-refractivity contribution >= 4 is 11.7 Å². The molecular formula is C10H19N3O3. The van der Waals surface area contributed by atoms with Crippen molar-refractivity contribution in [3.63, 3.8) is 0 Å². The molecule has 0 aromatic rings. The molecule has 0 atom stereocenters. The van der Waals surface area contributed by atoms with Crippen LogP contribution in [0.5, 0.6) is 0 Å². The first-order valence-corrected chi connectivity index (χ1v) is 5.50. The number of rotatable bonds is 6. The third-order valence-corrected chi connectivity index (χ3v) is 2.91. The van der Waals surface area contributed by atoms with Crippen molar-refractivity contribution in [3.8, 4) is 0 Å². The third kappa shape index (κ3) is 2.27. The van der Waals surface area contributed by atoms with Crippen LogP contribution in [0, 0.1) is 5.41 Å². The van der Waals surface area contributed by atoms with E-state index in [4.69, 9.17) is 16.0 Å². The Labute approximate surface area is 94.7 Å². The van der Waals surface area contributed by atoms with Crippen LogP contribution in [-0.4, -0.2) is 46.7 Å². The van der Waals surface area contributed by atoms with Crippen molar-refractivity contribution in [1.82, 2.24) is 4.90 Å². The molecule has 0 aliphatic heterocycles. The van der Waals surface area contributed by atoms with Gasteiger partial charge in [0.05, 0.1) is 6.61 Å². The average Bonchev–Trinajstić information content (AvgIpc) is 3.08. The first-order chi connectivity index (χ1) is 7.62. The zero-order valence-corrected chi connectivity index (χ0v) is 9.52. The molecule has 6 heteroatoms. The molecule has 0 heterocycles. The Balaban J connectivity index is 2.74. The molecule has 0 radical (unpaired) electrons. The second-order valence-electron chi connectivity index (χ2n) is 4.08. The van der Waals surface area contributed by atoms with Gasteiger partial charge in [-0.2, -0.15) is 0 Å². The SMILES string of the molecule is CCCN(CCO)C(=O)C1(C(N)=NO)CC1. The maximum Gasteiger partial charge on any atom is 0.236 e. The molecular weight excluding hydrogens is 210 g/mol. The van der Waals surface area contributed by atoms with Crippen molar-refractivity contribution in [3.05, 3.63) is 0 Å². The zero-order valence-electron chi connectivity index (χ0n) is 9.52. The number of aliphatic hydroxyl groups excluding tert-OH is 1. The molecule has 0 saturated heterocycles. The summed E-state index contributed by atoms with van der Waals surface area (Å²) in [5.74, 6) is -0.157. The maximum absolute atomic E-state index is 12.2. The predicted molar refractivity (Wildman–Crippen MR) is 59.0 cm³/mol. The topological polar surface area (TPSA) is 99.2 Å². The van der Waals surface area contributed by atoms with Crippen molar-refractivity contribution in [2.45, 2.75) is 26.2 Å². The molecule has 1 rings (SSSR count). The molecule has 4 N–H and O–H groups in total. The van der Waals surface area contributed by atoms with E-state index in [2.05, 4.69) is 5.16 Å². The van der Waals surface area contributed by atoms with Gasteiger partial charge in [0.2, 0.25) is 5.91 Å². The van der Waals surface area contributed by atoms with Crippen LogP contribution in [0.15, 0.2) is 5.16 Å². The Morgan fingerprint density at radius 3 is 2.50 bits per heavy atom. The highest BCUT2D eigenvalue weighted by atomic mass is 16.4. The predicted octanol–water partition coefficient (Wildman–Crippen LogP) is -0.256. The summed E-state index contributed by atoms with van der Waals surface area (Å²) in [5, 5.41) is 20.5. The van der Waals surface area contributed by atoms with Gasteiger partial charge in [0.1, 0.15) is 5.41 Å². The molecule has 0 aromatic heterocycles. The largest absolute Gasteiger partial charge is 0.409 e. The second kappa shape index (κ2) is 5.16. The van der Waals surface area contributed by atoms with E-state index >= 15 is 0 Å². The second-order valence-corrected chi connectivity index (χ2v) is 4.08. The van der Waals surface area contributed by atoms with Crippen LogP contribution >= 0.6 is 0 Å². The fourth-order valence-corrected chi connectivity index (χ4v) is 1.81. The van der Waals surface area contributed by atoms with Gasteiger partial charge in [0, 0.05) is 13.1 Å². The molecule has 1 aliphatic carbocycles. The van der Waals surface area contributed by atoms with Gasteiger partial charge in [-0.15, -0.1) is 0 Å². The minimum absolute atomic E-state index is 0.0171. The standard InChI is InChI=1S/C10H19N3O3/c1-2-5-13(6-7-14)9(15)10(3-4-10)8(11)12-16/h14,16H,2-7H2,1H3,(H2,11,12). The van der Waals surface area contributed by atoms with Gasteiger partial charge in [-0.05, 0) is 19.3 Å². The summed E-state index contributed by atoms with van der Waals surface area (Å²) in [5.41, 5.74) is 4.73. The number of oxime groups is 1. The minimum atomic E-state index is -0.806. The number of amidine groups is 1. The first-order valence-electron chi connectivity index (χ1n) is 5.50. The monoisotopic (exact) mass is 229 g/mol. The van der Waals surface area contributed by atoms with Crippen LogP contribution in [0.2, 0.25) is 0 Å². The van der Waals surface area contributed by atoms with Crippen molar-refractivity contribution in [2.24, 2.45) is 16.3 Å². The van der Waals surface area contributed by atoms with E-state index in [1.165, 1.54) is 0 Å². The van der Waals surface area contributed by atoms with Crippen molar-refractivity contribution < 1.29 is 15.1 Å². The lowest BCUT2D eigenvalue weighted by Crippen LogP contribution is -2.45. The fraction of sp³-hybridized carbons (Fsp3) is 0.800. The Morgan fingerprint density at radius 2 is 2.12 bits per heavy atom. The average molecular weight is 229 g/mol. The summed E-state index contributed by atoms with van der Waals surface area (Å²) < 4.78 is 0. The molecule has 6 nitrogen and oxygen atoms in total. The van der Waals surface area contributed by atoms with E-state index in [0.717, 1.165) is 6.42 Å². The number of nitrogens with zero attached hydrogens (tertiary/aromatic N) is 2. The van der Waals surface area contributed by atoms with Gasteiger partial charge in [0.15, 0.2) is 5.84 Å². The van der Waals surface area contributed by atoms with Crippen LogP contribution in [-0.2, 0) is 4.79 Å². The van der Waals surface area contributed by atoms with Crippen molar-refractivity contribution in [2.75, 3.05) is 19.7 Å². The molecule has 0 spiro atoms.